The van der Waals surface area contributed by atoms with Gasteiger partial charge in [-0.15, -0.1) is 0 Å². The van der Waals surface area contributed by atoms with Crippen LogP contribution in [0.1, 0.15) is 12.2 Å². The van der Waals surface area contributed by atoms with Gasteiger partial charge in [0, 0.05) is 40.9 Å². The number of hydrogen-bond donors (Lipinski definition) is 0. The molecule has 0 saturated heterocycles. The quantitative estimate of drug-likeness (QED) is 0.228. The predicted octanol–water partition coefficient (Wildman–Crippen LogP) is 9.55. The molecule has 0 aliphatic heterocycles. The first-order valence-corrected chi connectivity index (χ1v) is 13.7. The number of hydrogen-bond acceptors (Lipinski definition) is 3. The molecule has 0 bridgehead atoms. The number of pyridine rings is 1. The molecule has 2 heterocycles. The van der Waals surface area contributed by atoms with Crippen molar-refractivity contribution in [3.05, 3.63) is 170 Å². The second kappa shape index (κ2) is 12.2. The third-order valence-electron chi connectivity index (χ3n) is 6.97. The van der Waals surface area contributed by atoms with Gasteiger partial charge < -0.3 is 0 Å². The van der Waals surface area contributed by atoms with Crippen molar-refractivity contribution in [1.82, 2.24) is 15.0 Å². The molecule has 0 N–H and O–H groups in total. The Bertz CT molecular complexity index is 1810. The van der Waals surface area contributed by atoms with Crippen molar-refractivity contribution in [3.8, 4) is 44.6 Å². The molecule has 196 valence electrons. The molecule has 3 heteroatoms. The first-order chi connectivity index (χ1) is 20.2. The SMILES string of the molecule is C=C1C=C/C(c2ncc(-c3cccc(-c4cccnc4)c3)c(-c3cccc(-c4ccccc4)c3)n2)=C\C/C=C\C=C/1. The Kier molecular flexibility index (Phi) is 7.68. The van der Waals surface area contributed by atoms with Crippen molar-refractivity contribution in [1.29, 1.82) is 0 Å². The summed E-state index contributed by atoms with van der Waals surface area (Å²) in [5.41, 5.74) is 10.3. The van der Waals surface area contributed by atoms with Gasteiger partial charge in [0.25, 0.3) is 0 Å². The molecule has 41 heavy (non-hydrogen) atoms. The summed E-state index contributed by atoms with van der Waals surface area (Å²) >= 11 is 0. The van der Waals surface area contributed by atoms with E-state index in [1.807, 2.05) is 54.9 Å². The van der Waals surface area contributed by atoms with Gasteiger partial charge in [0.2, 0.25) is 0 Å². The fourth-order valence-electron chi connectivity index (χ4n) is 4.85. The van der Waals surface area contributed by atoms with E-state index in [1.165, 1.54) is 5.56 Å². The zero-order valence-corrected chi connectivity index (χ0v) is 22.7. The molecule has 0 saturated carbocycles. The van der Waals surface area contributed by atoms with E-state index in [4.69, 9.17) is 9.97 Å². The number of allylic oxidation sites excluding steroid dienone is 9. The van der Waals surface area contributed by atoms with Gasteiger partial charge in [-0.1, -0.05) is 122 Å². The lowest BCUT2D eigenvalue weighted by atomic mass is 9.95. The van der Waals surface area contributed by atoms with Crippen molar-refractivity contribution in [3.63, 3.8) is 0 Å². The first-order valence-electron chi connectivity index (χ1n) is 13.7. The molecule has 0 spiro atoms. The maximum absolute atomic E-state index is 5.22. The van der Waals surface area contributed by atoms with Crippen LogP contribution < -0.4 is 0 Å². The topological polar surface area (TPSA) is 38.7 Å². The van der Waals surface area contributed by atoms with Crippen LogP contribution >= 0.6 is 0 Å². The molecule has 0 radical (unpaired) electrons. The van der Waals surface area contributed by atoms with E-state index < -0.39 is 0 Å². The van der Waals surface area contributed by atoms with Gasteiger partial charge in [0.1, 0.15) is 0 Å². The lowest BCUT2D eigenvalue weighted by Crippen LogP contribution is -1.99. The maximum atomic E-state index is 5.22. The number of benzene rings is 3. The van der Waals surface area contributed by atoms with Crippen molar-refractivity contribution >= 4 is 5.57 Å². The molecule has 1 aliphatic carbocycles. The Hall–Kier alpha value is -5.41. The number of nitrogens with zero attached hydrogens (tertiary/aromatic N) is 3. The molecule has 2 aromatic heterocycles. The Balaban J connectivity index is 1.51. The van der Waals surface area contributed by atoms with Crippen LogP contribution in [0.4, 0.5) is 0 Å². The lowest BCUT2D eigenvalue weighted by molar-refractivity contribution is 1.12. The Morgan fingerprint density at radius 2 is 1.34 bits per heavy atom. The molecule has 5 aromatic rings. The summed E-state index contributed by atoms with van der Waals surface area (Å²) in [5, 5.41) is 0. The summed E-state index contributed by atoms with van der Waals surface area (Å²) in [6.07, 6.45) is 20.8. The first kappa shape index (κ1) is 25.8. The highest BCUT2D eigenvalue weighted by molar-refractivity contribution is 5.85. The maximum Gasteiger partial charge on any atom is 0.159 e. The van der Waals surface area contributed by atoms with Crippen LogP contribution in [0.15, 0.2) is 164 Å². The van der Waals surface area contributed by atoms with Gasteiger partial charge >= 0.3 is 0 Å². The summed E-state index contributed by atoms with van der Waals surface area (Å²) in [4.78, 5) is 14.4. The zero-order chi connectivity index (χ0) is 27.9. The van der Waals surface area contributed by atoms with Crippen LogP contribution in [0, 0.1) is 0 Å². The van der Waals surface area contributed by atoms with Gasteiger partial charge in [-0.2, -0.15) is 0 Å². The standard InChI is InChI=1S/C38H29N3/c1-28-12-5-2-3-6-15-30(22-21-28)38-40-27-36(33-18-9-17-32(24-33)35-20-11-23-39-26-35)37(41-38)34-19-10-16-31(25-34)29-13-7-4-8-14-29/h2-5,7-27H,1,6H2/b3-2-,12-5-,22-21?,30-15+. The van der Waals surface area contributed by atoms with Crippen molar-refractivity contribution in [2.45, 2.75) is 6.42 Å². The van der Waals surface area contributed by atoms with Crippen LogP contribution in [0.25, 0.3) is 50.2 Å². The lowest BCUT2D eigenvalue weighted by Gasteiger charge is -2.14. The van der Waals surface area contributed by atoms with Crippen LogP contribution in [0.2, 0.25) is 0 Å². The van der Waals surface area contributed by atoms with Crippen molar-refractivity contribution in [2.75, 3.05) is 0 Å². The monoisotopic (exact) mass is 527 g/mol. The highest BCUT2D eigenvalue weighted by Crippen LogP contribution is 2.35. The average molecular weight is 528 g/mol. The van der Waals surface area contributed by atoms with Crippen LogP contribution in [-0.2, 0) is 0 Å². The highest BCUT2D eigenvalue weighted by atomic mass is 14.9. The second-order valence-corrected chi connectivity index (χ2v) is 9.82. The summed E-state index contributed by atoms with van der Waals surface area (Å²) in [6.45, 7) is 4.13. The number of rotatable bonds is 5. The van der Waals surface area contributed by atoms with Crippen LogP contribution in [0.3, 0.4) is 0 Å². The van der Waals surface area contributed by atoms with Crippen molar-refractivity contribution in [2.24, 2.45) is 0 Å². The molecular formula is C38H29N3. The minimum absolute atomic E-state index is 0.680. The third-order valence-corrected chi connectivity index (χ3v) is 6.97. The highest BCUT2D eigenvalue weighted by Gasteiger charge is 2.15. The van der Waals surface area contributed by atoms with E-state index in [0.29, 0.717) is 5.82 Å². The fraction of sp³-hybridized carbons (Fsp3) is 0.0263. The van der Waals surface area contributed by atoms with E-state index in [9.17, 15) is 0 Å². The Morgan fingerprint density at radius 1 is 0.610 bits per heavy atom. The molecule has 1 aliphatic rings. The summed E-state index contributed by atoms with van der Waals surface area (Å²) < 4.78 is 0. The number of aromatic nitrogens is 3. The fourth-order valence-corrected chi connectivity index (χ4v) is 4.85. The van der Waals surface area contributed by atoms with Crippen molar-refractivity contribution < 1.29 is 0 Å². The summed E-state index contributed by atoms with van der Waals surface area (Å²) in [6, 6.07) is 31.5. The summed E-state index contributed by atoms with van der Waals surface area (Å²) in [5.74, 6) is 0.680. The largest absolute Gasteiger partial charge is 0.264 e. The zero-order valence-electron chi connectivity index (χ0n) is 22.7. The van der Waals surface area contributed by atoms with Gasteiger partial charge in [0.15, 0.2) is 5.82 Å². The third kappa shape index (κ3) is 6.10. The summed E-state index contributed by atoms with van der Waals surface area (Å²) in [7, 11) is 0. The minimum Gasteiger partial charge on any atom is -0.264 e. The molecule has 0 atom stereocenters. The second-order valence-electron chi connectivity index (χ2n) is 9.82. The molecule has 3 aromatic carbocycles. The van der Waals surface area contributed by atoms with E-state index in [1.54, 1.807) is 6.20 Å². The van der Waals surface area contributed by atoms with E-state index in [2.05, 4.69) is 103 Å². The predicted molar refractivity (Wildman–Crippen MR) is 171 cm³/mol. The molecule has 0 fully saturated rings. The molecule has 3 nitrogen and oxygen atoms in total. The van der Waals surface area contributed by atoms with Crippen LogP contribution in [-0.4, -0.2) is 15.0 Å². The van der Waals surface area contributed by atoms with Gasteiger partial charge in [-0.05, 0) is 52.4 Å². The van der Waals surface area contributed by atoms with E-state index in [0.717, 1.165) is 56.6 Å². The van der Waals surface area contributed by atoms with Gasteiger partial charge in [-0.3, -0.25) is 4.98 Å². The average Bonchev–Trinajstić information content (AvgIpc) is 3.05. The van der Waals surface area contributed by atoms with Gasteiger partial charge in [-0.25, -0.2) is 9.97 Å². The molecule has 0 unspecified atom stereocenters. The Morgan fingerprint density at radius 3 is 2.17 bits per heavy atom. The molecular weight excluding hydrogens is 498 g/mol. The van der Waals surface area contributed by atoms with Crippen LogP contribution in [0.5, 0.6) is 0 Å². The van der Waals surface area contributed by atoms with Gasteiger partial charge in [0.05, 0.1) is 5.69 Å². The molecule has 6 rings (SSSR count). The minimum atomic E-state index is 0.680. The molecule has 0 amide bonds. The van der Waals surface area contributed by atoms with E-state index >= 15 is 0 Å². The van der Waals surface area contributed by atoms with E-state index in [-0.39, 0.29) is 0 Å². The Labute approximate surface area is 241 Å². The normalized spacial score (nSPS) is 16.0. The smallest absolute Gasteiger partial charge is 0.159 e.